The normalized spacial score (nSPS) is 22.9. The Morgan fingerprint density at radius 2 is 1.96 bits per heavy atom. The van der Waals surface area contributed by atoms with Crippen LogP contribution in [0.1, 0.15) is 44.1 Å². The zero-order chi connectivity index (χ0) is 18.0. The van der Waals surface area contributed by atoms with E-state index in [0.29, 0.717) is 23.0 Å². The van der Waals surface area contributed by atoms with Crippen molar-refractivity contribution in [2.45, 2.75) is 51.5 Å². The fourth-order valence-electron chi connectivity index (χ4n) is 3.71. The minimum Gasteiger partial charge on any atom is -0.304 e. The minimum absolute atomic E-state index is 0.0152. The number of hydrogen-bond donors (Lipinski definition) is 0. The SMILES string of the molecule is Cc1ccc(N(C(=O)CC2CCCCC2)C2C=CS(=O)(=O)C2)cc1Cl. The first-order valence-electron chi connectivity index (χ1n) is 8.85. The number of halogens is 1. The van der Waals surface area contributed by atoms with Crippen molar-refractivity contribution in [3.8, 4) is 0 Å². The summed E-state index contributed by atoms with van der Waals surface area (Å²) >= 11 is 6.24. The van der Waals surface area contributed by atoms with Gasteiger partial charge in [0.05, 0.1) is 11.8 Å². The fraction of sp³-hybridized carbons (Fsp3) is 0.526. The highest BCUT2D eigenvalue weighted by atomic mass is 35.5. The molecule has 1 aromatic rings. The lowest BCUT2D eigenvalue weighted by Crippen LogP contribution is -2.42. The molecular weight excluding hydrogens is 358 g/mol. The van der Waals surface area contributed by atoms with Gasteiger partial charge in [0.15, 0.2) is 9.84 Å². The number of anilines is 1. The first-order chi connectivity index (χ1) is 11.9. The van der Waals surface area contributed by atoms with Crippen LogP contribution < -0.4 is 4.90 Å². The van der Waals surface area contributed by atoms with E-state index in [0.717, 1.165) is 18.4 Å². The topological polar surface area (TPSA) is 54.5 Å². The van der Waals surface area contributed by atoms with E-state index in [1.54, 1.807) is 17.0 Å². The van der Waals surface area contributed by atoms with Crippen molar-refractivity contribution >= 4 is 33.0 Å². The zero-order valence-electron chi connectivity index (χ0n) is 14.4. The number of hydrogen-bond acceptors (Lipinski definition) is 3. The lowest BCUT2D eigenvalue weighted by atomic mass is 9.86. The molecule has 1 unspecified atom stereocenters. The maximum atomic E-state index is 13.1. The van der Waals surface area contributed by atoms with Crippen LogP contribution in [-0.4, -0.2) is 26.1 Å². The first kappa shape index (κ1) is 18.5. The van der Waals surface area contributed by atoms with Crippen LogP contribution >= 0.6 is 11.6 Å². The number of amides is 1. The summed E-state index contributed by atoms with van der Waals surface area (Å²) in [4.78, 5) is 14.7. The van der Waals surface area contributed by atoms with E-state index in [1.165, 1.54) is 24.7 Å². The van der Waals surface area contributed by atoms with E-state index in [4.69, 9.17) is 11.6 Å². The van der Waals surface area contributed by atoms with Gasteiger partial charge >= 0.3 is 0 Å². The molecule has 1 aliphatic heterocycles. The lowest BCUT2D eigenvalue weighted by molar-refractivity contribution is -0.120. The molecule has 1 heterocycles. The molecule has 0 aromatic heterocycles. The number of carbonyl (C=O) groups is 1. The van der Waals surface area contributed by atoms with Gasteiger partial charge in [-0.15, -0.1) is 0 Å². The molecule has 1 aromatic carbocycles. The molecule has 1 saturated carbocycles. The van der Waals surface area contributed by atoms with Crippen molar-refractivity contribution in [2.24, 2.45) is 5.92 Å². The molecule has 2 aliphatic rings. The standard InChI is InChI=1S/C19H24ClNO3S/c1-14-7-8-16(12-18(14)20)21(17-9-10-25(23,24)13-17)19(22)11-15-5-3-2-4-6-15/h7-10,12,15,17H,2-6,11,13H2,1H3. The number of nitrogens with zero attached hydrogens (tertiary/aromatic N) is 1. The molecule has 3 rings (SSSR count). The summed E-state index contributed by atoms with van der Waals surface area (Å²) in [7, 11) is -3.24. The van der Waals surface area contributed by atoms with Crippen molar-refractivity contribution in [3.05, 3.63) is 40.3 Å². The highest BCUT2D eigenvalue weighted by Crippen LogP contribution is 2.31. The number of benzene rings is 1. The molecule has 1 fully saturated rings. The summed E-state index contributed by atoms with van der Waals surface area (Å²) in [6.45, 7) is 1.90. The highest BCUT2D eigenvalue weighted by molar-refractivity contribution is 7.94. The van der Waals surface area contributed by atoms with E-state index in [2.05, 4.69) is 0 Å². The van der Waals surface area contributed by atoms with Gasteiger partial charge in [-0.2, -0.15) is 0 Å². The Hall–Kier alpha value is -1.33. The molecule has 0 radical (unpaired) electrons. The summed E-state index contributed by atoms with van der Waals surface area (Å²) < 4.78 is 23.7. The van der Waals surface area contributed by atoms with Gasteiger partial charge in [-0.05, 0) is 49.5 Å². The molecule has 1 atom stereocenters. The van der Waals surface area contributed by atoms with Crippen LogP contribution in [0, 0.1) is 12.8 Å². The lowest BCUT2D eigenvalue weighted by Gasteiger charge is -2.30. The van der Waals surface area contributed by atoms with Crippen LogP contribution in [-0.2, 0) is 14.6 Å². The quantitative estimate of drug-likeness (QED) is 0.782. The van der Waals surface area contributed by atoms with Gasteiger partial charge in [0, 0.05) is 22.5 Å². The van der Waals surface area contributed by atoms with Crippen LogP contribution in [0.15, 0.2) is 29.7 Å². The Morgan fingerprint density at radius 1 is 1.24 bits per heavy atom. The average Bonchev–Trinajstić information content (AvgIpc) is 2.91. The van der Waals surface area contributed by atoms with E-state index >= 15 is 0 Å². The monoisotopic (exact) mass is 381 g/mol. The predicted octanol–water partition coefficient (Wildman–Crippen LogP) is 4.26. The second kappa shape index (κ2) is 7.50. The Bertz CT molecular complexity index is 782. The van der Waals surface area contributed by atoms with Gasteiger partial charge in [0.25, 0.3) is 0 Å². The fourth-order valence-corrected chi connectivity index (χ4v) is 5.15. The minimum atomic E-state index is -3.24. The Balaban J connectivity index is 1.87. The van der Waals surface area contributed by atoms with E-state index in [1.807, 2.05) is 19.1 Å². The molecule has 4 nitrogen and oxygen atoms in total. The van der Waals surface area contributed by atoms with Crippen LogP contribution in [0.4, 0.5) is 5.69 Å². The molecule has 0 spiro atoms. The highest BCUT2D eigenvalue weighted by Gasteiger charge is 2.32. The Labute approximate surface area is 154 Å². The van der Waals surface area contributed by atoms with Crippen LogP contribution in [0.3, 0.4) is 0 Å². The van der Waals surface area contributed by atoms with Gasteiger partial charge in [-0.25, -0.2) is 8.42 Å². The zero-order valence-corrected chi connectivity index (χ0v) is 16.0. The van der Waals surface area contributed by atoms with E-state index < -0.39 is 15.9 Å². The number of sulfone groups is 1. The Kier molecular flexibility index (Phi) is 5.54. The molecule has 6 heteroatoms. The van der Waals surface area contributed by atoms with Gasteiger partial charge in [-0.1, -0.05) is 36.9 Å². The number of aryl methyl sites for hydroxylation is 1. The van der Waals surface area contributed by atoms with Crippen molar-refractivity contribution in [1.29, 1.82) is 0 Å². The summed E-state index contributed by atoms with van der Waals surface area (Å²) in [5, 5.41) is 1.80. The third-order valence-corrected chi connectivity index (χ3v) is 6.92. The summed E-state index contributed by atoms with van der Waals surface area (Å²) in [5.74, 6) is 0.319. The summed E-state index contributed by atoms with van der Waals surface area (Å²) in [5.41, 5.74) is 1.60. The second-order valence-corrected chi connectivity index (χ2v) is 9.47. The molecule has 0 bridgehead atoms. The maximum absolute atomic E-state index is 13.1. The molecule has 0 saturated heterocycles. The second-order valence-electron chi connectivity index (χ2n) is 7.13. The molecule has 0 N–H and O–H groups in total. The smallest absolute Gasteiger partial charge is 0.227 e. The van der Waals surface area contributed by atoms with Crippen molar-refractivity contribution in [3.63, 3.8) is 0 Å². The number of carbonyl (C=O) groups excluding carboxylic acids is 1. The van der Waals surface area contributed by atoms with Gasteiger partial charge in [0.2, 0.25) is 5.91 Å². The average molecular weight is 382 g/mol. The van der Waals surface area contributed by atoms with E-state index in [-0.39, 0.29) is 11.7 Å². The molecule has 25 heavy (non-hydrogen) atoms. The van der Waals surface area contributed by atoms with Crippen molar-refractivity contribution < 1.29 is 13.2 Å². The molecule has 1 aliphatic carbocycles. The van der Waals surface area contributed by atoms with Crippen LogP contribution in [0.5, 0.6) is 0 Å². The third-order valence-electron chi connectivity index (χ3n) is 5.13. The van der Waals surface area contributed by atoms with Crippen LogP contribution in [0.2, 0.25) is 5.02 Å². The van der Waals surface area contributed by atoms with Gasteiger partial charge in [-0.3, -0.25) is 4.79 Å². The van der Waals surface area contributed by atoms with Crippen LogP contribution in [0.25, 0.3) is 0 Å². The first-order valence-corrected chi connectivity index (χ1v) is 10.9. The van der Waals surface area contributed by atoms with Gasteiger partial charge < -0.3 is 4.90 Å². The summed E-state index contributed by atoms with van der Waals surface area (Å²) in [6, 6.07) is 5.01. The van der Waals surface area contributed by atoms with E-state index in [9.17, 15) is 13.2 Å². The van der Waals surface area contributed by atoms with Gasteiger partial charge in [0.1, 0.15) is 0 Å². The molecular formula is C19H24ClNO3S. The molecule has 136 valence electrons. The Morgan fingerprint density at radius 3 is 2.56 bits per heavy atom. The molecule has 1 amide bonds. The van der Waals surface area contributed by atoms with Crippen molar-refractivity contribution in [1.82, 2.24) is 0 Å². The summed E-state index contributed by atoms with van der Waals surface area (Å²) in [6.07, 6.45) is 7.82. The largest absolute Gasteiger partial charge is 0.304 e. The maximum Gasteiger partial charge on any atom is 0.227 e. The number of rotatable bonds is 4. The van der Waals surface area contributed by atoms with Crippen molar-refractivity contribution in [2.75, 3.05) is 10.7 Å². The third kappa shape index (κ3) is 4.45. The predicted molar refractivity (Wildman–Crippen MR) is 102 cm³/mol.